The van der Waals surface area contributed by atoms with Gasteiger partial charge < -0.3 is 0 Å². The molecule has 0 aliphatic heterocycles. The Hall–Kier alpha value is -1.86. The summed E-state index contributed by atoms with van der Waals surface area (Å²) in [6.07, 6.45) is 0.823. The third kappa shape index (κ3) is 2.34. The lowest BCUT2D eigenvalue weighted by Crippen LogP contribution is -1.97. The van der Waals surface area contributed by atoms with Crippen LogP contribution in [0.4, 0.5) is 0 Å². The normalized spacial score (nSPS) is 10.8. The van der Waals surface area contributed by atoms with Crippen molar-refractivity contribution in [2.45, 2.75) is 13.3 Å². The van der Waals surface area contributed by atoms with Crippen LogP contribution in [0.1, 0.15) is 16.7 Å². The van der Waals surface area contributed by atoms with E-state index in [4.69, 9.17) is 11.6 Å². The Kier molecular flexibility index (Phi) is 3.22. The first-order valence-electron chi connectivity index (χ1n) is 6.33. The van der Waals surface area contributed by atoms with Gasteiger partial charge in [-0.3, -0.25) is 0 Å². The van der Waals surface area contributed by atoms with Gasteiger partial charge in [-0.15, -0.1) is 0 Å². The minimum absolute atomic E-state index is 0.611. The fraction of sp³-hybridized carbons (Fsp3) is 0.118. The summed E-state index contributed by atoms with van der Waals surface area (Å²) in [7, 11) is 0. The van der Waals surface area contributed by atoms with Crippen molar-refractivity contribution in [2.75, 3.05) is 0 Å². The summed E-state index contributed by atoms with van der Waals surface area (Å²) in [5.41, 5.74) is 4.55. The first-order valence-corrected chi connectivity index (χ1v) is 6.71. The summed E-state index contributed by atoms with van der Waals surface area (Å²) in [6.45, 7) is 2.12. The monoisotopic (exact) mass is 267 g/mol. The molecule has 2 heteroatoms. The zero-order valence-electron chi connectivity index (χ0n) is 10.7. The van der Waals surface area contributed by atoms with E-state index >= 15 is 0 Å². The van der Waals surface area contributed by atoms with Crippen LogP contribution in [0.2, 0.25) is 5.15 Å². The number of hydrogen-bond acceptors (Lipinski definition) is 1. The molecule has 1 heterocycles. The highest BCUT2D eigenvalue weighted by Gasteiger charge is 2.10. The number of nitrogens with zero attached hydrogens (tertiary/aromatic N) is 1. The number of aromatic nitrogens is 1. The van der Waals surface area contributed by atoms with Crippen LogP contribution < -0.4 is 0 Å². The van der Waals surface area contributed by atoms with Crippen LogP contribution in [0.5, 0.6) is 0 Å². The lowest BCUT2D eigenvalue weighted by Gasteiger charge is -2.11. The van der Waals surface area contributed by atoms with Crippen LogP contribution in [0.25, 0.3) is 10.9 Å². The molecule has 0 radical (unpaired) electrons. The van der Waals surface area contributed by atoms with Gasteiger partial charge in [0.1, 0.15) is 5.15 Å². The Morgan fingerprint density at radius 2 is 1.63 bits per heavy atom. The van der Waals surface area contributed by atoms with Gasteiger partial charge in [-0.1, -0.05) is 60.1 Å². The lowest BCUT2D eigenvalue weighted by atomic mass is 9.99. The zero-order valence-corrected chi connectivity index (χ0v) is 11.5. The molecular weight excluding hydrogens is 254 g/mol. The summed E-state index contributed by atoms with van der Waals surface area (Å²) < 4.78 is 0. The van der Waals surface area contributed by atoms with E-state index < -0.39 is 0 Å². The van der Waals surface area contributed by atoms with Crippen molar-refractivity contribution in [1.29, 1.82) is 0 Å². The van der Waals surface area contributed by atoms with Gasteiger partial charge in [0.2, 0.25) is 0 Å². The number of para-hydroxylation sites is 1. The second-order valence-electron chi connectivity index (χ2n) is 4.69. The summed E-state index contributed by atoms with van der Waals surface area (Å²) in [6, 6.07) is 18.5. The number of fused-ring (bicyclic) bond motifs is 1. The van der Waals surface area contributed by atoms with Crippen LogP contribution in [-0.4, -0.2) is 4.98 Å². The molecule has 1 nitrogen and oxygen atoms in total. The highest BCUT2D eigenvalue weighted by Crippen LogP contribution is 2.27. The van der Waals surface area contributed by atoms with E-state index in [1.54, 1.807) is 0 Å². The largest absolute Gasteiger partial charge is 0.236 e. The molecule has 0 spiro atoms. The Balaban J connectivity index is 2.13. The topological polar surface area (TPSA) is 12.9 Å². The van der Waals surface area contributed by atoms with Gasteiger partial charge in [0, 0.05) is 11.8 Å². The van der Waals surface area contributed by atoms with Gasteiger partial charge in [0.15, 0.2) is 0 Å². The Bertz CT molecular complexity index is 720. The molecule has 0 atom stereocenters. The molecule has 0 bridgehead atoms. The summed E-state index contributed by atoms with van der Waals surface area (Å²) in [5, 5.41) is 1.79. The first kappa shape index (κ1) is 12.2. The minimum Gasteiger partial charge on any atom is -0.236 e. The van der Waals surface area contributed by atoms with E-state index in [0.29, 0.717) is 5.15 Å². The molecule has 3 aromatic rings. The molecule has 0 aliphatic carbocycles. The Morgan fingerprint density at radius 1 is 0.947 bits per heavy atom. The standard InChI is InChI=1S/C17H14ClN/c1-12-14-9-5-6-10-16(14)19-17(18)15(12)11-13-7-3-2-4-8-13/h2-10H,11H2,1H3. The van der Waals surface area contributed by atoms with Crippen LogP contribution in [0, 0.1) is 6.92 Å². The predicted molar refractivity (Wildman–Crippen MR) is 80.7 cm³/mol. The first-order chi connectivity index (χ1) is 9.25. The molecule has 0 amide bonds. The van der Waals surface area contributed by atoms with Gasteiger partial charge in [0.25, 0.3) is 0 Å². The third-order valence-corrected chi connectivity index (χ3v) is 3.76. The average molecular weight is 268 g/mol. The second kappa shape index (κ2) is 5.02. The van der Waals surface area contributed by atoms with E-state index in [9.17, 15) is 0 Å². The minimum atomic E-state index is 0.611. The van der Waals surface area contributed by atoms with Crippen molar-refractivity contribution in [2.24, 2.45) is 0 Å². The molecule has 19 heavy (non-hydrogen) atoms. The molecule has 2 aromatic carbocycles. The predicted octanol–water partition coefficient (Wildman–Crippen LogP) is 4.79. The number of hydrogen-bond donors (Lipinski definition) is 0. The van der Waals surface area contributed by atoms with E-state index in [0.717, 1.165) is 17.5 Å². The van der Waals surface area contributed by atoms with E-state index in [1.807, 2.05) is 36.4 Å². The summed E-state index contributed by atoms with van der Waals surface area (Å²) in [4.78, 5) is 4.50. The fourth-order valence-electron chi connectivity index (χ4n) is 2.38. The maximum Gasteiger partial charge on any atom is 0.133 e. The molecule has 3 rings (SSSR count). The molecule has 0 saturated carbocycles. The number of pyridine rings is 1. The van der Waals surface area contributed by atoms with Crippen molar-refractivity contribution in [3.05, 3.63) is 76.4 Å². The maximum absolute atomic E-state index is 6.35. The van der Waals surface area contributed by atoms with Crippen LogP contribution in [-0.2, 0) is 6.42 Å². The van der Waals surface area contributed by atoms with Crippen LogP contribution >= 0.6 is 11.6 Å². The molecule has 0 saturated heterocycles. The zero-order chi connectivity index (χ0) is 13.2. The van der Waals surface area contributed by atoms with Crippen molar-refractivity contribution in [3.63, 3.8) is 0 Å². The quantitative estimate of drug-likeness (QED) is 0.609. The van der Waals surface area contributed by atoms with Crippen LogP contribution in [0.3, 0.4) is 0 Å². The smallest absolute Gasteiger partial charge is 0.133 e. The van der Waals surface area contributed by atoms with Crippen molar-refractivity contribution >= 4 is 22.5 Å². The van der Waals surface area contributed by atoms with Crippen molar-refractivity contribution in [3.8, 4) is 0 Å². The van der Waals surface area contributed by atoms with Gasteiger partial charge in [0.05, 0.1) is 5.52 Å². The van der Waals surface area contributed by atoms with Crippen molar-refractivity contribution < 1.29 is 0 Å². The lowest BCUT2D eigenvalue weighted by molar-refractivity contribution is 1.14. The number of benzene rings is 2. The Labute approximate surface area is 117 Å². The number of halogens is 1. The number of aryl methyl sites for hydroxylation is 1. The number of rotatable bonds is 2. The highest BCUT2D eigenvalue weighted by atomic mass is 35.5. The van der Waals surface area contributed by atoms with Crippen molar-refractivity contribution in [1.82, 2.24) is 4.98 Å². The SMILES string of the molecule is Cc1c(Cc2ccccc2)c(Cl)nc2ccccc12. The van der Waals surface area contributed by atoms with Gasteiger partial charge >= 0.3 is 0 Å². The van der Waals surface area contributed by atoms with Gasteiger partial charge in [-0.05, 0) is 29.7 Å². The average Bonchev–Trinajstić information content (AvgIpc) is 2.45. The maximum atomic E-state index is 6.35. The van der Waals surface area contributed by atoms with E-state index in [1.165, 1.54) is 16.5 Å². The Morgan fingerprint density at radius 3 is 2.42 bits per heavy atom. The molecule has 0 N–H and O–H groups in total. The molecule has 0 fully saturated rings. The summed E-state index contributed by atoms with van der Waals surface area (Å²) >= 11 is 6.35. The molecule has 0 aliphatic rings. The van der Waals surface area contributed by atoms with E-state index in [2.05, 4.69) is 30.1 Å². The molecule has 94 valence electrons. The van der Waals surface area contributed by atoms with Crippen LogP contribution in [0.15, 0.2) is 54.6 Å². The second-order valence-corrected chi connectivity index (χ2v) is 5.04. The van der Waals surface area contributed by atoms with Gasteiger partial charge in [-0.2, -0.15) is 0 Å². The third-order valence-electron chi connectivity index (χ3n) is 3.45. The highest BCUT2D eigenvalue weighted by molar-refractivity contribution is 6.30. The summed E-state index contributed by atoms with van der Waals surface area (Å²) in [5.74, 6) is 0. The fourth-order valence-corrected chi connectivity index (χ4v) is 2.68. The molecule has 1 aromatic heterocycles. The van der Waals surface area contributed by atoms with E-state index in [-0.39, 0.29) is 0 Å². The van der Waals surface area contributed by atoms with Gasteiger partial charge in [-0.25, -0.2) is 4.98 Å². The molecule has 0 unspecified atom stereocenters. The molecular formula is C17H14ClN.